The number of carboxylic acid groups (broad SMARTS) is 1. The molecule has 62 heavy (non-hydrogen) atoms. The van der Waals surface area contributed by atoms with E-state index in [1.807, 2.05) is 21.1 Å². The third-order valence-electron chi connectivity index (χ3n) is 10.8. The molecule has 0 spiro atoms. The van der Waals surface area contributed by atoms with Crippen molar-refractivity contribution >= 4 is 17.9 Å². The van der Waals surface area contributed by atoms with Crippen LogP contribution in [0.1, 0.15) is 213 Å². The number of carbonyl (C=O) groups excluding carboxylic acids is 2. The van der Waals surface area contributed by atoms with Crippen LogP contribution in [0.5, 0.6) is 0 Å². The summed E-state index contributed by atoms with van der Waals surface area (Å²) >= 11 is 0. The summed E-state index contributed by atoms with van der Waals surface area (Å²) in [7, 11) is 5.96. The summed E-state index contributed by atoms with van der Waals surface area (Å²) in [5, 5.41) is 9.66. The van der Waals surface area contributed by atoms with Crippen molar-refractivity contribution in [3.8, 4) is 0 Å². The lowest BCUT2D eigenvalue weighted by Gasteiger charge is -2.25. The maximum atomic E-state index is 12.8. The molecule has 0 aliphatic rings. The molecule has 0 amide bonds. The number of hydrogen-bond donors (Lipinski definition) is 1. The monoisotopic (exact) mass is 875 g/mol. The molecule has 0 rings (SSSR count). The van der Waals surface area contributed by atoms with Crippen molar-refractivity contribution in [1.82, 2.24) is 0 Å². The number of esters is 2. The largest absolute Gasteiger partial charge is 0.477 e. The number of unbranched alkanes of at least 4 members (excludes halogenated alkanes) is 23. The van der Waals surface area contributed by atoms with Crippen LogP contribution >= 0.6 is 0 Å². The van der Waals surface area contributed by atoms with Crippen LogP contribution < -0.4 is 0 Å². The highest BCUT2D eigenvalue weighted by Gasteiger charge is 2.25. The number of nitrogens with zero attached hydrogens (tertiary/aromatic N) is 1. The SMILES string of the molecule is CC/C=C\C/C=C\C/C=C\C/C=C\CCCCCCCCCCC(=O)OC(COC(=O)CCCCCCCCCCCCCCCCCC)COC(OCC[N+](C)(C)C)C(=O)O. The zero-order valence-corrected chi connectivity index (χ0v) is 40.8. The van der Waals surface area contributed by atoms with E-state index in [9.17, 15) is 19.5 Å². The van der Waals surface area contributed by atoms with Crippen LogP contribution in [0.25, 0.3) is 0 Å². The maximum Gasteiger partial charge on any atom is 0.361 e. The molecule has 0 bridgehead atoms. The molecular weight excluding hydrogens is 779 g/mol. The molecule has 1 N–H and O–H groups in total. The van der Waals surface area contributed by atoms with Crippen molar-refractivity contribution < 1.29 is 42.9 Å². The fraction of sp³-hybridized carbons (Fsp3) is 0.792. The van der Waals surface area contributed by atoms with Gasteiger partial charge in [0.15, 0.2) is 6.10 Å². The highest BCUT2D eigenvalue weighted by Crippen LogP contribution is 2.16. The number of ether oxygens (including phenoxy) is 4. The average Bonchev–Trinajstić information content (AvgIpc) is 3.23. The minimum absolute atomic E-state index is 0.184. The van der Waals surface area contributed by atoms with Gasteiger partial charge >= 0.3 is 17.9 Å². The fourth-order valence-electron chi connectivity index (χ4n) is 6.95. The Morgan fingerprint density at radius 1 is 0.500 bits per heavy atom. The number of carboxylic acids is 1. The Morgan fingerprint density at radius 2 is 0.919 bits per heavy atom. The first-order valence-corrected chi connectivity index (χ1v) is 25.3. The second-order valence-electron chi connectivity index (χ2n) is 18.1. The van der Waals surface area contributed by atoms with Crippen LogP contribution in [0.15, 0.2) is 48.6 Å². The first-order valence-electron chi connectivity index (χ1n) is 25.3. The number of allylic oxidation sites excluding steroid dienone is 8. The summed E-state index contributed by atoms with van der Waals surface area (Å²) in [6.45, 7) is 4.77. The fourth-order valence-corrected chi connectivity index (χ4v) is 6.95. The first-order chi connectivity index (χ1) is 30.1. The van der Waals surface area contributed by atoms with E-state index in [1.165, 1.54) is 109 Å². The summed E-state index contributed by atoms with van der Waals surface area (Å²) in [4.78, 5) is 37.3. The third kappa shape index (κ3) is 45.3. The van der Waals surface area contributed by atoms with Crippen LogP contribution in [0.2, 0.25) is 0 Å². The van der Waals surface area contributed by atoms with E-state index in [1.54, 1.807) is 0 Å². The first kappa shape index (κ1) is 59.2. The highest BCUT2D eigenvalue weighted by molar-refractivity contribution is 5.71. The molecule has 0 aromatic heterocycles. The summed E-state index contributed by atoms with van der Waals surface area (Å²) < 4.78 is 22.8. The van der Waals surface area contributed by atoms with Gasteiger partial charge in [-0.15, -0.1) is 0 Å². The predicted octanol–water partition coefficient (Wildman–Crippen LogP) is 13.9. The van der Waals surface area contributed by atoms with E-state index in [4.69, 9.17) is 18.9 Å². The van der Waals surface area contributed by atoms with Gasteiger partial charge in [-0.25, -0.2) is 4.79 Å². The lowest BCUT2D eigenvalue weighted by atomic mass is 10.0. The minimum atomic E-state index is -1.51. The van der Waals surface area contributed by atoms with Gasteiger partial charge in [-0.05, 0) is 51.4 Å². The molecule has 0 aliphatic heterocycles. The Hall–Kier alpha value is -2.75. The molecule has 0 aromatic carbocycles. The van der Waals surface area contributed by atoms with Gasteiger partial charge in [-0.2, -0.15) is 0 Å². The van der Waals surface area contributed by atoms with Crippen molar-refractivity contribution in [2.24, 2.45) is 0 Å². The highest BCUT2D eigenvalue weighted by atomic mass is 16.7. The molecule has 9 heteroatoms. The topological polar surface area (TPSA) is 108 Å². The van der Waals surface area contributed by atoms with E-state index in [2.05, 4.69) is 62.5 Å². The number of carbonyl (C=O) groups is 3. The molecule has 0 aromatic rings. The van der Waals surface area contributed by atoms with Gasteiger partial charge in [0, 0.05) is 12.8 Å². The van der Waals surface area contributed by atoms with Crippen molar-refractivity contribution in [2.75, 3.05) is 47.5 Å². The second kappa shape index (κ2) is 44.8. The second-order valence-corrected chi connectivity index (χ2v) is 18.1. The molecular formula is C53H96NO8+. The molecule has 2 unspecified atom stereocenters. The predicted molar refractivity (Wildman–Crippen MR) is 258 cm³/mol. The van der Waals surface area contributed by atoms with Gasteiger partial charge in [0.05, 0.1) is 34.4 Å². The lowest BCUT2D eigenvalue weighted by molar-refractivity contribution is -0.870. The van der Waals surface area contributed by atoms with Gasteiger partial charge in [-0.3, -0.25) is 9.59 Å². The van der Waals surface area contributed by atoms with Gasteiger partial charge in [-0.1, -0.05) is 197 Å². The number of hydrogen-bond acceptors (Lipinski definition) is 7. The third-order valence-corrected chi connectivity index (χ3v) is 10.8. The van der Waals surface area contributed by atoms with Crippen LogP contribution in [-0.2, 0) is 33.3 Å². The Morgan fingerprint density at radius 3 is 1.37 bits per heavy atom. The van der Waals surface area contributed by atoms with Crippen molar-refractivity contribution in [1.29, 1.82) is 0 Å². The van der Waals surface area contributed by atoms with Crippen molar-refractivity contribution in [3.05, 3.63) is 48.6 Å². The Kier molecular flexibility index (Phi) is 42.9. The Bertz CT molecular complexity index is 1160. The molecule has 0 saturated carbocycles. The Labute approximate surface area is 381 Å². The lowest BCUT2D eigenvalue weighted by Crippen LogP contribution is -2.40. The molecule has 0 aliphatic carbocycles. The van der Waals surface area contributed by atoms with Crippen molar-refractivity contribution in [3.63, 3.8) is 0 Å². The minimum Gasteiger partial charge on any atom is -0.477 e. The van der Waals surface area contributed by atoms with E-state index >= 15 is 0 Å². The average molecular weight is 875 g/mol. The summed E-state index contributed by atoms with van der Waals surface area (Å²) in [6.07, 6.45) is 50.2. The molecule has 0 saturated heterocycles. The van der Waals surface area contributed by atoms with E-state index in [0.29, 0.717) is 23.9 Å². The smallest absolute Gasteiger partial charge is 0.361 e. The van der Waals surface area contributed by atoms with Gasteiger partial charge in [0.1, 0.15) is 13.2 Å². The van der Waals surface area contributed by atoms with Crippen LogP contribution in [0.4, 0.5) is 0 Å². The van der Waals surface area contributed by atoms with Crippen LogP contribution in [-0.4, -0.2) is 87.4 Å². The normalized spacial score (nSPS) is 13.2. The summed E-state index contributed by atoms with van der Waals surface area (Å²) in [5.41, 5.74) is 0. The molecule has 2 atom stereocenters. The van der Waals surface area contributed by atoms with Gasteiger partial charge < -0.3 is 28.5 Å². The van der Waals surface area contributed by atoms with Crippen LogP contribution in [0.3, 0.4) is 0 Å². The quantitative estimate of drug-likeness (QED) is 0.0212. The van der Waals surface area contributed by atoms with Crippen molar-refractivity contribution in [2.45, 2.75) is 225 Å². The van der Waals surface area contributed by atoms with E-state index in [-0.39, 0.29) is 32.2 Å². The van der Waals surface area contributed by atoms with Gasteiger partial charge in [0.2, 0.25) is 0 Å². The maximum absolute atomic E-state index is 12.8. The number of likely N-dealkylation sites (N-methyl/N-ethyl adjacent to an activating group) is 1. The van der Waals surface area contributed by atoms with Crippen LogP contribution in [0, 0.1) is 0 Å². The van der Waals surface area contributed by atoms with E-state index < -0.39 is 24.3 Å². The van der Waals surface area contributed by atoms with E-state index in [0.717, 1.165) is 70.6 Å². The molecule has 0 radical (unpaired) electrons. The van der Waals surface area contributed by atoms with Gasteiger partial charge in [0.25, 0.3) is 6.29 Å². The number of aliphatic carboxylic acids is 1. The number of quaternary nitrogens is 1. The summed E-state index contributed by atoms with van der Waals surface area (Å²) in [6, 6.07) is 0. The number of rotatable bonds is 46. The molecule has 0 heterocycles. The molecule has 9 nitrogen and oxygen atoms in total. The zero-order chi connectivity index (χ0) is 45.6. The molecule has 360 valence electrons. The standard InChI is InChI=1S/C53H95NO8/c1-6-8-10-12-14-16-18-20-22-24-25-26-27-28-30-32-34-36-38-40-42-44-51(56)62-49(48-61-53(52(57)58)59-46-45-54(3,4)5)47-60-50(55)43-41-39-37-35-33-31-29-23-21-19-17-15-13-11-9-7-2/h8,10,14,16,20,22,25-26,49,53H,6-7,9,11-13,15,17-19,21,23-24,27-48H2,1-5H3/p+1/b10-8-,16-14-,22-20-,26-25-. The molecule has 0 fully saturated rings. The zero-order valence-electron chi connectivity index (χ0n) is 40.8. The summed E-state index contributed by atoms with van der Waals surface area (Å²) in [5.74, 6) is -2.01. The Balaban J connectivity index is 4.36.